The predicted octanol–water partition coefficient (Wildman–Crippen LogP) is 3.97. The number of hydrogen-bond donors (Lipinski definition) is 3. The topological polar surface area (TPSA) is 87.7 Å². The van der Waals surface area contributed by atoms with Gasteiger partial charge in [-0.1, -0.05) is 58.4 Å². The van der Waals surface area contributed by atoms with E-state index in [9.17, 15) is 9.59 Å². The minimum Gasteiger partial charge on any atom is -0.394 e. The lowest BCUT2D eigenvalue weighted by molar-refractivity contribution is -0.122. The maximum atomic E-state index is 12.0. The number of rotatable bonds is 14. The Balaban J connectivity index is 0.00000407. The highest BCUT2D eigenvalue weighted by atomic mass is 127. The van der Waals surface area contributed by atoms with Crippen LogP contribution in [-0.2, 0) is 25.5 Å². The second kappa shape index (κ2) is 18.6. The van der Waals surface area contributed by atoms with Crippen molar-refractivity contribution in [3.63, 3.8) is 0 Å². The molecule has 30 heavy (non-hydrogen) atoms. The number of benzene rings is 1. The number of nitrogens with one attached hydrogen (secondary N) is 2. The molecule has 0 radical (unpaired) electrons. The molecule has 1 unspecified atom stereocenters. The number of aliphatic hydroxyl groups is 1. The summed E-state index contributed by atoms with van der Waals surface area (Å²) in [5.41, 5.74) is 2.32. The molecule has 0 aliphatic heterocycles. The number of hydrogen-bond acceptors (Lipinski definition) is 4. The Labute approximate surface area is 196 Å². The molecule has 0 heterocycles. The van der Waals surface area contributed by atoms with Crippen LogP contribution >= 0.6 is 23.0 Å². The maximum Gasteiger partial charge on any atom is 0.224 e. The Morgan fingerprint density at radius 2 is 1.67 bits per heavy atom. The molecule has 2 amide bonds. The fourth-order valence-electron chi connectivity index (χ4n) is 2.84. The number of amides is 2. The summed E-state index contributed by atoms with van der Waals surface area (Å²) in [6.45, 7) is 9.16. The van der Waals surface area contributed by atoms with E-state index in [0.717, 1.165) is 31.2 Å². The van der Waals surface area contributed by atoms with Crippen molar-refractivity contribution in [2.45, 2.75) is 72.3 Å². The van der Waals surface area contributed by atoms with Crippen LogP contribution in [0.5, 0.6) is 0 Å². The molecule has 0 aromatic heterocycles. The van der Waals surface area contributed by atoms with Gasteiger partial charge >= 0.3 is 0 Å². The van der Waals surface area contributed by atoms with Gasteiger partial charge in [-0.15, -0.1) is 0 Å². The van der Waals surface area contributed by atoms with Crippen molar-refractivity contribution in [3.05, 3.63) is 35.4 Å². The van der Waals surface area contributed by atoms with Crippen LogP contribution in [0.4, 0.5) is 0 Å². The first-order chi connectivity index (χ1) is 14.4. The molecular formula is C23H39IN2O4. The summed E-state index contributed by atoms with van der Waals surface area (Å²) in [5, 5.41) is 14.8. The summed E-state index contributed by atoms with van der Waals surface area (Å²) >= 11 is 1.74. The average molecular weight is 534 g/mol. The van der Waals surface area contributed by atoms with Crippen molar-refractivity contribution in [2.75, 3.05) is 19.8 Å². The van der Waals surface area contributed by atoms with Gasteiger partial charge in [-0.3, -0.25) is 9.59 Å². The number of carbonyl (C=O) groups is 2. The van der Waals surface area contributed by atoms with E-state index in [2.05, 4.69) is 36.6 Å². The Hall–Kier alpha value is -1.19. The van der Waals surface area contributed by atoms with Gasteiger partial charge in [0.15, 0.2) is 0 Å². The highest BCUT2D eigenvalue weighted by molar-refractivity contribution is 14.1. The Kier molecular flexibility index (Phi) is 17.8. The standard InChI is InChI=1S/C21H33IN2O4.C2H6/c1-16(2)12-17-7-9-18(10-8-17)13-21(27)23-11-5-3-4-6-20(26)24-19(14-25)15-28-22;1-2/h7-10,16,19,25H,3-6,11-15H2,1-2H3,(H,23,27)(H,24,26);1-2H3. The molecule has 3 N–H and O–H groups in total. The van der Waals surface area contributed by atoms with Crippen molar-refractivity contribution < 1.29 is 17.8 Å². The van der Waals surface area contributed by atoms with Crippen molar-refractivity contribution >= 4 is 34.8 Å². The van der Waals surface area contributed by atoms with Crippen molar-refractivity contribution in [2.24, 2.45) is 5.92 Å². The van der Waals surface area contributed by atoms with E-state index in [4.69, 9.17) is 8.17 Å². The van der Waals surface area contributed by atoms with E-state index in [-0.39, 0.29) is 31.1 Å². The molecule has 0 aliphatic carbocycles. The van der Waals surface area contributed by atoms with E-state index in [1.165, 1.54) is 5.56 Å². The molecular weight excluding hydrogens is 495 g/mol. The van der Waals surface area contributed by atoms with E-state index < -0.39 is 0 Å². The lowest BCUT2D eigenvalue weighted by atomic mass is 10.0. The van der Waals surface area contributed by atoms with Gasteiger partial charge in [0, 0.05) is 13.0 Å². The molecule has 1 rings (SSSR count). The normalized spacial score (nSPS) is 11.4. The molecule has 1 aromatic rings. The minimum atomic E-state index is -0.358. The van der Waals surface area contributed by atoms with Crippen LogP contribution in [-0.4, -0.2) is 42.7 Å². The summed E-state index contributed by atoms with van der Waals surface area (Å²) < 4.78 is 4.89. The van der Waals surface area contributed by atoms with Crippen molar-refractivity contribution in [3.8, 4) is 0 Å². The van der Waals surface area contributed by atoms with Gasteiger partial charge < -0.3 is 18.8 Å². The Bertz CT molecular complexity index is 579. The first-order valence-electron chi connectivity index (χ1n) is 10.9. The lowest BCUT2D eigenvalue weighted by Crippen LogP contribution is -2.40. The van der Waals surface area contributed by atoms with E-state index in [1.807, 2.05) is 26.0 Å². The third kappa shape index (κ3) is 14.7. The fraction of sp³-hybridized carbons (Fsp3) is 0.652. The Morgan fingerprint density at radius 3 is 2.23 bits per heavy atom. The highest BCUT2D eigenvalue weighted by Gasteiger charge is 2.11. The van der Waals surface area contributed by atoms with Crippen LogP contribution in [0.15, 0.2) is 24.3 Å². The second-order valence-corrected chi connectivity index (χ2v) is 8.10. The lowest BCUT2D eigenvalue weighted by Gasteiger charge is -2.14. The molecule has 0 saturated heterocycles. The first-order valence-corrected chi connectivity index (χ1v) is 11.8. The monoisotopic (exact) mass is 534 g/mol. The second-order valence-electron chi connectivity index (χ2n) is 7.47. The van der Waals surface area contributed by atoms with E-state index in [1.54, 1.807) is 23.0 Å². The largest absolute Gasteiger partial charge is 0.394 e. The number of aliphatic hydroxyl groups excluding tert-OH is 1. The molecule has 1 aromatic carbocycles. The minimum absolute atomic E-state index is 0.0268. The Morgan fingerprint density at radius 1 is 1.03 bits per heavy atom. The summed E-state index contributed by atoms with van der Waals surface area (Å²) in [7, 11) is 0. The third-order valence-electron chi connectivity index (χ3n) is 4.28. The smallest absolute Gasteiger partial charge is 0.224 e. The average Bonchev–Trinajstić information content (AvgIpc) is 2.72. The van der Waals surface area contributed by atoms with Crippen LogP contribution in [0.3, 0.4) is 0 Å². The number of halogens is 1. The van der Waals surface area contributed by atoms with Gasteiger partial charge in [-0.25, -0.2) is 0 Å². The van der Waals surface area contributed by atoms with Crippen molar-refractivity contribution in [1.82, 2.24) is 10.6 Å². The SMILES string of the molecule is CC.CC(C)Cc1ccc(CC(=O)NCCCCCC(=O)NC(CO)COI)cc1. The quantitative estimate of drug-likeness (QED) is 0.249. The van der Waals surface area contributed by atoms with Gasteiger partial charge in [0.05, 0.1) is 25.7 Å². The van der Waals surface area contributed by atoms with Gasteiger partial charge in [0.2, 0.25) is 11.8 Å². The number of unbranched alkanes of at least 4 members (excludes halogenated alkanes) is 2. The molecule has 1 atom stereocenters. The molecule has 0 spiro atoms. The third-order valence-corrected chi connectivity index (χ3v) is 4.64. The van der Waals surface area contributed by atoms with Gasteiger partial charge in [-0.2, -0.15) is 0 Å². The summed E-state index contributed by atoms with van der Waals surface area (Å²) in [4.78, 5) is 23.8. The molecule has 0 fully saturated rings. The van der Waals surface area contributed by atoms with Crippen LogP contribution in [0, 0.1) is 5.92 Å². The first kappa shape index (κ1) is 28.8. The van der Waals surface area contributed by atoms with Gasteiger partial charge in [0.1, 0.15) is 23.0 Å². The van der Waals surface area contributed by atoms with Crippen LogP contribution in [0.1, 0.15) is 64.5 Å². The van der Waals surface area contributed by atoms with E-state index in [0.29, 0.717) is 25.3 Å². The summed E-state index contributed by atoms with van der Waals surface area (Å²) in [5.74, 6) is 0.567. The molecule has 6 nitrogen and oxygen atoms in total. The zero-order valence-corrected chi connectivity index (χ0v) is 21.0. The highest BCUT2D eigenvalue weighted by Crippen LogP contribution is 2.10. The van der Waals surface area contributed by atoms with E-state index >= 15 is 0 Å². The zero-order chi connectivity index (χ0) is 22.8. The number of carbonyl (C=O) groups excluding carboxylic acids is 2. The molecule has 172 valence electrons. The molecule has 7 heteroatoms. The van der Waals surface area contributed by atoms with Crippen LogP contribution < -0.4 is 10.6 Å². The maximum absolute atomic E-state index is 12.0. The van der Waals surface area contributed by atoms with Gasteiger partial charge in [-0.05, 0) is 36.3 Å². The molecule has 0 saturated carbocycles. The molecule has 0 bridgehead atoms. The predicted molar refractivity (Wildman–Crippen MR) is 131 cm³/mol. The fourth-order valence-corrected chi connectivity index (χ4v) is 3.28. The summed E-state index contributed by atoms with van der Waals surface area (Å²) in [6.07, 6.45) is 4.32. The van der Waals surface area contributed by atoms with Gasteiger partial charge in [0.25, 0.3) is 0 Å². The molecule has 0 aliphatic rings. The zero-order valence-electron chi connectivity index (χ0n) is 18.9. The van der Waals surface area contributed by atoms with Crippen LogP contribution in [0.25, 0.3) is 0 Å². The van der Waals surface area contributed by atoms with Crippen LogP contribution in [0.2, 0.25) is 0 Å². The van der Waals surface area contributed by atoms with Crippen molar-refractivity contribution in [1.29, 1.82) is 0 Å². The summed E-state index contributed by atoms with van der Waals surface area (Å²) in [6, 6.07) is 7.89.